The molecule has 0 atom stereocenters. The zero-order valence-corrected chi connectivity index (χ0v) is 12.3. The second-order valence-corrected chi connectivity index (χ2v) is 5.11. The molecule has 0 spiro atoms. The van der Waals surface area contributed by atoms with E-state index in [0.29, 0.717) is 21.5 Å². The van der Waals surface area contributed by atoms with Gasteiger partial charge in [-0.05, 0) is 47.5 Å². The SMILES string of the molecule is Cc1cc(F)c(Br)cc1Nc1c(C#N)c(C)nn1C. The molecule has 0 bridgehead atoms. The van der Waals surface area contributed by atoms with Gasteiger partial charge in [0, 0.05) is 12.7 Å². The fraction of sp³-hybridized carbons (Fsp3) is 0.231. The van der Waals surface area contributed by atoms with Crippen LogP contribution in [0, 0.1) is 31.0 Å². The van der Waals surface area contributed by atoms with Crippen LogP contribution in [0.3, 0.4) is 0 Å². The number of nitriles is 1. The number of anilines is 2. The lowest BCUT2D eigenvalue weighted by molar-refractivity contribution is 0.620. The summed E-state index contributed by atoms with van der Waals surface area (Å²) in [5.41, 5.74) is 2.63. The highest BCUT2D eigenvalue weighted by Crippen LogP contribution is 2.28. The Kier molecular flexibility index (Phi) is 3.58. The summed E-state index contributed by atoms with van der Waals surface area (Å²) in [6.07, 6.45) is 0. The summed E-state index contributed by atoms with van der Waals surface area (Å²) in [5, 5.41) is 16.5. The summed E-state index contributed by atoms with van der Waals surface area (Å²) >= 11 is 3.15. The summed E-state index contributed by atoms with van der Waals surface area (Å²) in [7, 11) is 1.75. The summed E-state index contributed by atoms with van der Waals surface area (Å²) < 4.78 is 15.4. The number of halogens is 2. The van der Waals surface area contributed by atoms with Gasteiger partial charge in [-0.2, -0.15) is 10.4 Å². The first-order valence-electron chi connectivity index (χ1n) is 5.60. The molecule has 1 aromatic carbocycles. The smallest absolute Gasteiger partial charge is 0.146 e. The Labute approximate surface area is 119 Å². The van der Waals surface area contributed by atoms with Crippen LogP contribution >= 0.6 is 15.9 Å². The van der Waals surface area contributed by atoms with Crippen molar-refractivity contribution in [3.8, 4) is 6.07 Å². The van der Waals surface area contributed by atoms with E-state index in [1.54, 1.807) is 31.6 Å². The molecule has 2 rings (SSSR count). The first kappa shape index (κ1) is 13.6. The molecule has 19 heavy (non-hydrogen) atoms. The van der Waals surface area contributed by atoms with Gasteiger partial charge < -0.3 is 5.32 Å². The van der Waals surface area contributed by atoms with Crippen LogP contribution in [0.15, 0.2) is 16.6 Å². The molecule has 0 aliphatic rings. The van der Waals surface area contributed by atoms with Crippen LogP contribution in [0.5, 0.6) is 0 Å². The Morgan fingerprint density at radius 2 is 2.11 bits per heavy atom. The molecule has 0 fully saturated rings. The van der Waals surface area contributed by atoms with E-state index in [9.17, 15) is 4.39 Å². The van der Waals surface area contributed by atoms with Crippen molar-refractivity contribution in [2.24, 2.45) is 7.05 Å². The predicted molar refractivity (Wildman–Crippen MR) is 74.8 cm³/mol. The number of benzene rings is 1. The van der Waals surface area contributed by atoms with Gasteiger partial charge in [-0.3, -0.25) is 4.68 Å². The number of aromatic nitrogens is 2. The van der Waals surface area contributed by atoms with E-state index in [1.165, 1.54) is 6.07 Å². The van der Waals surface area contributed by atoms with Crippen LogP contribution in [0.4, 0.5) is 15.9 Å². The van der Waals surface area contributed by atoms with Crippen LogP contribution in [0.1, 0.15) is 16.8 Å². The maximum absolute atomic E-state index is 13.4. The van der Waals surface area contributed by atoms with Crippen molar-refractivity contribution in [2.75, 3.05) is 5.32 Å². The predicted octanol–water partition coefficient (Wildman–Crippen LogP) is 3.55. The fourth-order valence-electron chi connectivity index (χ4n) is 1.84. The highest BCUT2D eigenvalue weighted by molar-refractivity contribution is 9.10. The molecular formula is C13H12BrFN4. The normalized spacial score (nSPS) is 10.3. The van der Waals surface area contributed by atoms with Crippen molar-refractivity contribution < 1.29 is 4.39 Å². The standard InChI is InChI=1S/C13H12BrFN4/c1-7-4-11(15)10(14)5-12(7)17-13-9(6-16)8(2)18-19(13)3/h4-5,17H,1-3H3. The van der Waals surface area contributed by atoms with Gasteiger partial charge in [0.25, 0.3) is 0 Å². The molecule has 1 heterocycles. The molecule has 4 nitrogen and oxygen atoms in total. The fourth-order valence-corrected chi connectivity index (χ4v) is 2.19. The first-order valence-corrected chi connectivity index (χ1v) is 6.39. The monoisotopic (exact) mass is 322 g/mol. The minimum Gasteiger partial charge on any atom is -0.339 e. The number of aryl methyl sites for hydroxylation is 3. The summed E-state index contributed by atoms with van der Waals surface area (Å²) in [5.74, 6) is 0.284. The van der Waals surface area contributed by atoms with Crippen LogP contribution in [-0.4, -0.2) is 9.78 Å². The van der Waals surface area contributed by atoms with Crippen LogP contribution in [-0.2, 0) is 7.05 Å². The maximum atomic E-state index is 13.4. The Hall–Kier alpha value is -1.87. The van der Waals surface area contributed by atoms with Gasteiger partial charge in [0.15, 0.2) is 0 Å². The van der Waals surface area contributed by atoms with Gasteiger partial charge in [0.1, 0.15) is 23.3 Å². The zero-order chi connectivity index (χ0) is 14.2. The molecule has 1 N–H and O–H groups in total. The molecule has 0 saturated carbocycles. The maximum Gasteiger partial charge on any atom is 0.146 e. The van der Waals surface area contributed by atoms with E-state index in [2.05, 4.69) is 32.4 Å². The molecule has 0 unspecified atom stereocenters. The Balaban J connectivity index is 2.48. The average Bonchev–Trinajstić information content (AvgIpc) is 2.60. The lowest BCUT2D eigenvalue weighted by Gasteiger charge is -2.11. The zero-order valence-electron chi connectivity index (χ0n) is 10.8. The van der Waals surface area contributed by atoms with Crippen LogP contribution in [0.2, 0.25) is 0 Å². The van der Waals surface area contributed by atoms with Gasteiger partial charge in [-0.1, -0.05) is 0 Å². The van der Waals surface area contributed by atoms with Gasteiger partial charge in [-0.25, -0.2) is 4.39 Å². The van der Waals surface area contributed by atoms with Crippen molar-refractivity contribution in [3.05, 3.63) is 39.2 Å². The van der Waals surface area contributed by atoms with Crippen molar-refractivity contribution in [1.29, 1.82) is 5.26 Å². The molecule has 1 aromatic heterocycles. The molecular weight excluding hydrogens is 311 g/mol. The van der Waals surface area contributed by atoms with Crippen molar-refractivity contribution in [1.82, 2.24) is 9.78 Å². The van der Waals surface area contributed by atoms with Crippen LogP contribution in [0.25, 0.3) is 0 Å². The van der Waals surface area contributed by atoms with Crippen molar-refractivity contribution in [2.45, 2.75) is 13.8 Å². The Morgan fingerprint density at radius 3 is 2.74 bits per heavy atom. The third-order valence-electron chi connectivity index (χ3n) is 2.85. The third kappa shape index (κ3) is 2.47. The third-order valence-corrected chi connectivity index (χ3v) is 3.46. The number of hydrogen-bond acceptors (Lipinski definition) is 3. The number of rotatable bonds is 2. The number of nitrogens with zero attached hydrogens (tertiary/aromatic N) is 3. The minimum atomic E-state index is -0.315. The minimum absolute atomic E-state index is 0.315. The molecule has 98 valence electrons. The Morgan fingerprint density at radius 1 is 1.42 bits per heavy atom. The van der Waals surface area contributed by atoms with E-state index < -0.39 is 0 Å². The number of nitrogens with one attached hydrogen (secondary N) is 1. The molecule has 0 radical (unpaired) electrons. The van der Waals surface area contributed by atoms with Gasteiger partial charge in [0.05, 0.1) is 10.2 Å². The van der Waals surface area contributed by atoms with E-state index in [-0.39, 0.29) is 5.82 Å². The van der Waals surface area contributed by atoms with Gasteiger partial charge in [0.2, 0.25) is 0 Å². The average molecular weight is 323 g/mol. The van der Waals surface area contributed by atoms with Gasteiger partial charge >= 0.3 is 0 Å². The lowest BCUT2D eigenvalue weighted by atomic mass is 10.2. The molecule has 0 saturated heterocycles. The van der Waals surface area contributed by atoms with E-state index in [1.807, 2.05) is 0 Å². The molecule has 0 aliphatic carbocycles. The summed E-state index contributed by atoms with van der Waals surface area (Å²) in [4.78, 5) is 0. The summed E-state index contributed by atoms with van der Waals surface area (Å²) in [6.45, 7) is 3.57. The van der Waals surface area contributed by atoms with Crippen molar-refractivity contribution in [3.63, 3.8) is 0 Å². The Bertz CT molecular complexity index is 685. The quantitative estimate of drug-likeness (QED) is 0.919. The summed E-state index contributed by atoms with van der Waals surface area (Å²) in [6, 6.07) is 5.20. The topological polar surface area (TPSA) is 53.6 Å². The molecule has 6 heteroatoms. The highest BCUT2D eigenvalue weighted by Gasteiger charge is 2.14. The molecule has 0 amide bonds. The van der Waals surface area contributed by atoms with Gasteiger partial charge in [-0.15, -0.1) is 0 Å². The first-order chi connectivity index (χ1) is 8.93. The highest BCUT2D eigenvalue weighted by atomic mass is 79.9. The number of hydrogen-bond donors (Lipinski definition) is 1. The molecule has 0 aliphatic heterocycles. The van der Waals surface area contributed by atoms with Crippen LogP contribution < -0.4 is 5.32 Å². The second-order valence-electron chi connectivity index (χ2n) is 4.25. The largest absolute Gasteiger partial charge is 0.339 e. The van der Waals surface area contributed by atoms with E-state index in [0.717, 1.165) is 11.3 Å². The van der Waals surface area contributed by atoms with E-state index >= 15 is 0 Å². The second kappa shape index (κ2) is 5.02. The van der Waals surface area contributed by atoms with Crippen molar-refractivity contribution >= 4 is 27.4 Å². The van der Waals surface area contributed by atoms with E-state index in [4.69, 9.17) is 5.26 Å². The molecule has 2 aromatic rings. The lowest BCUT2D eigenvalue weighted by Crippen LogP contribution is -2.02.